The third kappa shape index (κ3) is 3.92. The Morgan fingerprint density at radius 1 is 1.31 bits per heavy atom. The fraction of sp³-hybridized carbons (Fsp3) is 0.444. The average molecular weight is 263 g/mol. The van der Waals surface area contributed by atoms with E-state index in [4.69, 9.17) is 28.9 Å². The molecule has 0 fully saturated rings. The molecule has 0 radical (unpaired) electrons. The summed E-state index contributed by atoms with van der Waals surface area (Å²) in [6, 6.07) is 0. The Morgan fingerprint density at radius 3 is 2.50 bits per heavy atom. The molecular weight excluding hydrogens is 251 g/mol. The first kappa shape index (κ1) is 13.2. The number of halogens is 2. The Kier molecular flexibility index (Phi) is 5.45. The number of nitrogens with two attached hydrogens (primary N) is 1. The van der Waals surface area contributed by atoms with Crippen molar-refractivity contribution in [1.82, 2.24) is 9.97 Å². The summed E-state index contributed by atoms with van der Waals surface area (Å²) in [5.41, 5.74) is 5.57. The van der Waals surface area contributed by atoms with E-state index < -0.39 is 0 Å². The van der Waals surface area contributed by atoms with Crippen molar-refractivity contribution in [3.05, 3.63) is 16.6 Å². The normalized spacial score (nSPS) is 10.2. The molecule has 16 heavy (non-hydrogen) atoms. The van der Waals surface area contributed by atoms with Crippen molar-refractivity contribution in [2.24, 2.45) is 5.73 Å². The summed E-state index contributed by atoms with van der Waals surface area (Å²) in [4.78, 5) is 18.9. The lowest BCUT2D eigenvalue weighted by molar-refractivity contribution is -0.116. The van der Waals surface area contributed by atoms with Crippen LogP contribution in [-0.2, 0) is 4.79 Å². The summed E-state index contributed by atoms with van der Waals surface area (Å²) >= 11 is 11.5. The first-order valence-electron chi connectivity index (χ1n) is 4.81. The minimum absolute atomic E-state index is 0.132. The molecular formula is C9H12Cl2N4O. The fourth-order valence-electron chi connectivity index (χ4n) is 1.08. The molecule has 0 atom stereocenters. The molecule has 88 valence electrons. The molecule has 5 nitrogen and oxygen atoms in total. The number of carbonyl (C=O) groups is 1. The van der Waals surface area contributed by atoms with Gasteiger partial charge in [0.05, 0.1) is 0 Å². The van der Waals surface area contributed by atoms with E-state index in [2.05, 4.69) is 15.3 Å². The highest BCUT2D eigenvalue weighted by Gasteiger charge is 2.11. The van der Waals surface area contributed by atoms with Gasteiger partial charge in [0.15, 0.2) is 10.3 Å². The number of hydrogen-bond acceptors (Lipinski definition) is 4. The van der Waals surface area contributed by atoms with Crippen molar-refractivity contribution in [1.29, 1.82) is 0 Å². The van der Waals surface area contributed by atoms with Gasteiger partial charge in [0.2, 0.25) is 5.91 Å². The highest BCUT2D eigenvalue weighted by Crippen LogP contribution is 2.25. The van der Waals surface area contributed by atoms with E-state index in [-0.39, 0.29) is 21.9 Å². The van der Waals surface area contributed by atoms with E-state index >= 15 is 0 Å². The maximum Gasteiger partial charge on any atom is 0.224 e. The van der Waals surface area contributed by atoms with Crippen molar-refractivity contribution < 1.29 is 4.79 Å². The van der Waals surface area contributed by atoms with Crippen LogP contribution in [0.1, 0.15) is 19.3 Å². The number of aromatic nitrogens is 2. The van der Waals surface area contributed by atoms with E-state index in [0.717, 1.165) is 12.8 Å². The standard InChI is InChI=1S/C9H12Cl2N4O/c10-8-7(9(11)14-5-13-8)15-6(16)3-1-2-4-12/h5H,1-4,12H2,(H,15,16). The highest BCUT2D eigenvalue weighted by atomic mass is 35.5. The van der Waals surface area contributed by atoms with Gasteiger partial charge in [-0.2, -0.15) is 0 Å². The van der Waals surface area contributed by atoms with Gasteiger partial charge in [0, 0.05) is 6.42 Å². The van der Waals surface area contributed by atoms with Crippen LogP contribution in [0.15, 0.2) is 6.33 Å². The summed E-state index contributed by atoms with van der Waals surface area (Å²) in [5.74, 6) is -0.174. The van der Waals surface area contributed by atoms with Crippen molar-refractivity contribution in [3.63, 3.8) is 0 Å². The lowest BCUT2D eigenvalue weighted by atomic mass is 10.2. The van der Waals surface area contributed by atoms with Crippen LogP contribution in [0.2, 0.25) is 10.3 Å². The topological polar surface area (TPSA) is 80.9 Å². The van der Waals surface area contributed by atoms with Gasteiger partial charge >= 0.3 is 0 Å². The molecule has 0 unspecified atom stereocenters. The zero-order valence-corrected chi connectivity index (χ0v) is 10.1. The highest BCUT2D eigenvalue weighted by molar-refractivity contribution is 6.38. The van der Waals surface area contributed by atoms with Gasteiger partial charge in [0.25, 0.3) is 0 Å². The van der Waals surface area contributed by atoms with Gasteiger partial charge < -0.3 is 11.1 Å². The van der Waals surface area contributed by atoms with E-state index in [1.165, 1.54) is 6.33 Å². The molecule has 0 bridgehead atoms. The molecule has 7 heteroatoms. The number of carbonyl (C=O) groups excluding carboxylic acids is 1. The van der Waals surface area contributed by atoms with Gasteiger partial charge in [0.1, 0.15) is 12.0 Å². The smallest absolute Gasteiger partial charge is 0.224 e. The molecule has 0 saturated heterocycles. The second-order valence-corrected chi connectivity index (χ2v) is 3.84. The lowest BCUT2D eigenvalue weighted by Gasteiger charge is -2.07. The van der Waals surface area contributed by atoms with Crippen LogP contribution in [0.25, 0.3) is 0 Å². The summed E-state index contributed by atoms with van der Waals surface area (Å²) in [5, 5.41) is 2.83. The molecule has 0 aliphatic carbocycles. The van der Waals surface area contributed by atoms with E-state index in [9.17, 15) is 4.79 Å². The largest absolute Gasteiger partial charge is 0.330 e. The number of anilines is 1. The molecule has 3 N–H and O–H groups in total. The maximum atomic E-state index is 11.5. The first-order valence-corrected chi connectivity index (χ1v) is 5.56. The molecule has 0 aliphatic heterocycles. The quantitative estimate of drug-likeness (QED) is 0.627. The van der Waals surface area contributed by atoms with Crippen LogP contribution in [0.3, 0.4) is 0 Å². The van der Waals surface area contributed by atoms with Gasteiger partial charge in [-0.1, -0.05) is 23.2 Å². The fourth-order valence-corrected chi connectivity index (χ4v) is 1.49. The summed E-state index contributed by atoms with van der Waals surface area (Å²) in [7, 11) is 0. The van der Waals surface area contributed by atoms with Crippen LogP contribution >= 0.6 is 23.2 Å². The molecule has 0 aliphatic rings. The zero-order valence-electron chi connectivity index (χ0n) is 8.54. The Labute approximate surface area is 103 Å². The molecule has 1 aromatic heterocycles. The Balaban J connectivity index is 2.56. The first-order chi connectivity index (χ1) is 7.65. The van der Waals surface area contributed by atoms with Crippen molar-refractivity contribution in [3.8, 4) is 0 Å². The van der Waals surface area contributed by atoms with Crippen LogP contribution < -0.4 is 11.1 Å². The average Bonchev–Trinajstić information content (AvgIpc) is 2.24. The predicted octanol–water partition coefficient (Wildman–Crippen LogP) is 1.85. The Morgan fingerprint density at radius 2 is 1.94 bits per heavy atom. The minimum Gasteiger partial charge on any atom is -0.330 e. The maximum absolute atomic E-state index is 11.5. The van der Waals surface area contributed by atoms with Gasteiger partial charge in [-0.15, -0.1) is 0 Å². The van der Waals surface area contributed by atoms with E-state index in [0.29, 0.717) is 13.0 Å². The number of unbranched alkanes of at least 4 members (excludes halogenated alkanes) is 1. The molecule has 0 saturated carbocycles. The van der Waals surface area contributed by atoms with Crippen molar-refractivity contribution in [2.75, 3.05) is 11.9 Å². The number of rotatable bonds is 5. The Hall–Kier alpha value is -0.910. The van der Waals surface area contributed by atoms with Crippen LogP contribution in [0, 0.1) is 0 Å². The number of hydrogen-bond donors (Lipinski definition) is 2. The van der Waals surface area contributed by atoms with Gasteiger partial charge in [-0.3, -0.25) is 4.79 Å². The second-order valence-electron chi connectivity index (χ2n) is 3.12. The van der Waals surface area contributed by atoms with Gasteiger partial charge in [-0.05, 0) is 19.4 Å². The SMILES string of the molecule is NCCCCC(=O)Nc1c(Cl)ncnc1Cl. The Bertz CT molecular complexity index is 352. The summed E-state index contributed by atoms with van der Waals surface area (Å²) in [6.07, 6.45) is 3.14. The molecule has 1 heterocycles. The number of nitrogens with one attached hydrogen (secondary N) is 1. The molecule has 1 aromatic rings. The van der Waals surface area contributed by atoms with Crippen LogP contribution in [0.4, 0.5) is 5.69 Å². The molecule has 0 aromatic carbocycles. The van der Waals surface area contributed by atoms with E-state index in [1.54, 1.807) is 0 Å². The number of amides is 1. The predicted molar refractivity (Wildman–Crippen MR) is 63.6 cm³/mol. The van der Waals surface area contributed by atoms with Crippen molar-refractivity contribution in [2.45, 2.75) is 19.3 Å². The molecule has 1 rings (SSSR count). The summed E-state index contributed by atoms with van der Waals surface area (Å²) in [6.45, 7) is 0.573. The van der Waals surface area contributed by atoms with Crippen molar-refractivity contribution >= 4 is 34.8 Å². The molecule has 1 amide bonds. The third-order valence-electron chi connectivity index (χ3n) is 1.88. The van der Waals surface area contributed by atoms with Gasteiger partial charge in [-0.25, -0.2) is 9.97 Å². The van der Waals surface area contributed by atoms with Crippen LogP contribution in [0.5, 0.6) is 0 Å². The second kappa shape index (κ2) is 6.62. The molecule has 0 spiro atoms. The third-order valence-corrected chi connectivity index (χ3v) is 2.45. The van der Waals surface area contributed by atoms with E-state index in [1.807, 2.05) is 0 Å². The number of nitrogens with zero attached hydrogens (tertiary/aromatic N) is 2. The van der Waals surface area contributed by atoms with Crippen LogP contribution in [-0.4, -0.2) is 22.4 Å². The summed E-state index contributed by atoms with van der Waals surface area (Å²) < 4.78 is 0. The lowest BCUT2D eigenvalue weighted by Crippen LogP contribution is -2.13. The zero-order chi connectivity index (χ0) is 12.0. The minimum atomic E-state index is -0.174. The monoisotopic (exact) mass is 262 g/mol.